The summed E-state index contributed by atoms with van der Waals surface area (Å²) in [6.07, 6.45) is 6.53. The van der Waals surface area contributed by atoms with Crippen LogP contribution in [0, 0.1) is 23.2 Å². The SMILES string of the molecule is C[C@H](C(=O)N1CCSCC1)C1CC[C@@]2(C)Cc3sc(NC(=O)c4cnccn4)nc3[C@@H](C)[C@@H]2[C@H]1O. The average Bonchev–Trinajstić information content (AvgIpc) is 3.26. The second-order valence-electron chi connectivity index (χ2n) is 10.4. The van der Waals surface area contributed by atoms with E-state index in [0.29, 0.717) is 5.13 Å². The summed E-state index contributed by atoms with van der Waals surface area (Å²) < 4.78 is 0. The van der Waals surface area contributed by atoms with Crippen molar-refractivity contribution in [1.82, 2.24) is 19.9 Å². The predicted octanol–water partition coefficient (Wildman–Crippen LogP) is 3.45. The molecule has 35 heavy (non-hydrogen) atoms. The largest absolute Gasteiger partial charge is 0.392 e. The zero-order valence-electron chi connectivity index (χ0n) is 20.4. The number of amides is 2. The quantitative estimate of drug-likeness (QED) is 0.642. The first-order chi connectivity index (χ1) is 16.8. The zero-order valence-corrected chi connectivity index (χ0v) is 22.1. The van der Waals surface area contributed by atoms with Crippen molar-refractivity contribution in [3.8, 4) is 0 Å². The number of carbonyl (C=O) groups excluding carboxylic acids is 2. The van der Waals surface area contributed by atoms with Crippen LogP contribution in [0.5, 0.6) is 0 Å². The Morgan fingerprint density at radius 2 is 2.06 bits per heavy atom. The fourth-order valence-corrected chi connectivity index (χ4v) is 8.59. The van der Waals surface area contributed by atoms with Crippen LogP contribution in [0.3, 0.4) is 0 Å². The van der Waals surface area contributed by atoms with Crippen molar-refractivity contribution in [2.45, 2.75) is 52.1 Å². The smallest absolute Gasteiger partial charge is 0.277 e. The number of nitrogens with zero attached hydrogens (tertiary/aromatic N) is 4. The lowest BCUT2D eigenvalue weighted by Crippen LogP contribution is -2.54. The lowest BCUT2D eigenvalue weighted by atomic mass is 9.53. The highest BCUT2D eigenvalue weighted by atomic mass is 32.2. The van der Waals surface area contributed by atoms with Crippen molar-refractivity contribution in [2.75, 3.05) is 29.9 Å². The summed E-state index contributed by atoms with van der Waals surface area (Å²) in [5.74, 6) is 1.66. The summed E-state index contributed by atoms with van der Waals surface area (Å²) in [5.41, 5.74) is 1.14. The number of rotatable bonds is 4. The molecule has 8 nitrogen and oxygen atoms in total. The minimum atomic E-state index is -0.561. The highest BCUT2D eigenvalue weighted by molar-refractivity contribution is 7.99. The molecule has 10 heteroatoms. The highest BCUT2D eigenvalue weighted by Gasteiger charge is 2.54. The molecule has 2 fully saturated rings. The van der Waals surface area contributed by atoms with Crippen molar-refractivity contribution < 1.29 is 14.7 Å². The molecule has 1 unspecified atom stereocenters. The van der Waals surface area contributed by atoms with Gasteiger partial charge in [-0.2, -0.15) is 11.8 Å². The first kappa shape index (κ1) is 24.6. The van der Waals surface area contributed by atoms with Gasteiger partial charge in [0.15, 0.2) is 5.13 Å². The molecule has 2 amide bonds. The van der Waals surface area contributed by atoms with Crippen molar-refractivity contribution >= 4 is 40.0 Å². The van der Waals surface area contributed by atoms with Crippen LogP contribution in [0.25, 0.3) is 0 Å². The zero-order chi connectivity index (χ0) is 24.7. The van der Waals surface area contributed by atoms with Gasteiger partial charge in [-0.05, 0) is 36.5 Å². The maximum absolute atomic E-state index is 13.2. The van der Waals surface area contributed by atoms with Crippen LogP contribution in [0.4, 0.5) is 5.13 Å². The third kappa shape index (κ3) is 4.60. The van der Waals surface area contributed by atoms with Gasteiger partial charge in [0, 0.05) is 53.7 Å². The first-order valence-electron chi connectivity index (χ1n) is 12.4. The topological polar surface area (TPSA) is 108 Å². The van der Waals surface area contributed by atoms with E-state index in [2.05, 4.69) is 29.1 Å². The Morgan fingerprint density at radius 3 is 2.77 bits per heavy atom. The minimum Gasteiger partial charge on any atom is -0.392 e. The molecule has 3 heterocycles. The molecule has 0 aromatic carbocycles. The van der Waals surface area contributed by atoms with Crippen molar-refractivity contribution in [2.24, 2.45) is 23.2 Å². The third-order valence-corrected chi connectivity index (χ3v) is 10.2. The van der Waals surface area contributed by atoms with E-state index in [4.69, 9.17) is 4.98 Å². The number of carbonyl (C=O) groups is 2. The molecule has 2 aliphatic carbocycles. The average molecular weight is 516 g/mol. The molecule has 1 aliphatic heterocycles. The second-order valence-corrected chi connectivity index (χ2v) is 12.7. The summed E-state index contributed by atoms with van der Waals surface area (Å²) in [6.45, 7) is 8.01. The second kappa shape index (κ2) is 9.78. The molecule has 0 bridgehead atoms. The molecule has 0 radical (unpaired) electrons. The number of anilines is 1. The van der Waals surface area contributed by atoms with Crippen LogP contribution in [0.2, 0.25) is 0 Å². The van der Waals surface area contributed by atoms with Gasteiger partial charge in [-0.25, -0.2) is 9.97 Å². The predicted molar refractivity (Wildman–Crippen MR) is 138 cm³/mol. The van der Waals surface area contributed by atoms with Crippen LogP contribution >= 0.6 is 23.1 Å². The van der Waals surface area contributed by atoms with E-state index < -0.39 is 6.10 Å². The molecule has 2 aromatic rings. The summed E-state index contributed by atoms with van der Waals surface area (Å²) in [5, 5.41) is 15.1. The Labute approximate surface area is 214 Å². The van der Waals surface area contributed by atoms with Gasteiger partial charge in [0.25, 0.3) is 5.91 Å². The first-order valence-corrected chi connectivity index (χ1v) is 14.4. The Balaban J connectivity index is 1.34. The number of aliphatic hydroxyl groups is 1. The van der Waals surface area contributed by atoms with Crippen LogP contribution in [-0.2, 0) is 11.2 Å². The van der Waals surface area contributed by atoms with Crippen LogP contribution in [-0.4, -0.2) is 67.5 Å². The van der Waals surface area contributed by atoms with E-state index in [0.717, 1.165) is 49.6 Å². The Kier molecular flexibility index (Phi) is 6.89. The summed E-state index contributed by atoms with van der Waals surface area (Å²) >= 11 is 3.41. The molecule has 5 rings (SSSR count). The summed E-state index contributed by atoms with van der Waals surface area (Å²) in [4.78, 5) is 41.8. The Bertz CT molecular complexity index is 1090. The standard InChI is InChI=1S/C25H33N5O3S2/c1-14(23(33)30-8-10-34-11-9-30)16-4-5-25(3)12-18-20(15(2)19(25)21(16)31)28-24(35-18)29-22(32)17-13-26-6-7-27-17/h6-7,13-16,19,21,31H,4-5,8-12H2,1-3H3,(H,28,29,32)/t14-,15-,16?,19+,21-,25-/m0/s1. The lowest BCUT2D eigenvalue weighted by Gasteiger charge is -2.53. The Hall–Kier alpha value is -2.04. The normalized spacial score (nSPS) is 31.3. The molecule has 1 saturated heterocycles. The number of fused-ring (bicyclic) bond motifs is 2. The van der Waals surface area contributed by atoms with E-state index in [1.807, 2.05) is 23.6 Å². The van der Waals surface area contributed by atoms with E-state index in [-0.39, 0.29) is 46.6 Å². The van der Waals surface area contributed by atoms with Crippen molar-refractivity contribution in [1.29, 1.82) is 0 Å². The summed E-state index contributed by atoms with van der Waals surface area (Å²) in [6, 6.07) is 0. The number of hydrogen-bond donors (Lipinski definition) is 2. The Morgan fingerprint density at radius 1 is 1.29 bits per heavy atom. The minimum absolute atomic E-state index is 0.0200. The molecule has 188 valence electrons. The number of aromatic nitrogens is 3. The van der Waals surface area contributed by atoms with Gasteiger partial charge >= 0.3 is 0 Å². The maximum Gasteiger partial charge on any atom is 0.277 e. The van der Waals surface area contributed by atoms with Gasteiger partial charge in [-0.15, -0.1) is 11.3 Å². The number of thiazole rings is 1. The molecule has 2 aromatic heterocycles. The number of hydrogen-bond acceptors (Lipinski definition) is 8. The monoisotopic (exact) mass is 515 g/mol. The molecular formula is C25H33N5O3S2. The molecule has 2 N–H and O–H groups in total. The van der Waals surface area contributed by atoms with Gasteiger partial charge in [0.05, 0.1) is 18.0 Å². The van der Waals surface area contributed by atoms with Crippen LogP contribution in [0.1, 0.15) is 60.6 Å². The molecular weight excluding hydrogens is 482 g/mol. The molecule has 3 aliphatic rings. The van der Waals surface area contributed by atoms with Crippen LogP contribution in [0.15, 0.2) is 18.6 Å². The summed E-state index contributed by atoms with van der Waals surface area (Å²) in [7, 11) is 0. The van der Waals surface area contributed by atoms with E-state index in [1.165, 1.54) is 34.8 Å². The van der Waals surface area contributed by atoms with Gasteiger partial charge in [0.1, 0.15) is 5.69 Å². The maximum atomic E-state index is 13.2. The number of aliphatic hydroxyl groups excluding tert-OH is 1. The fourth-order valence-electron chi connectivity index (χ4n) is 6.43. The third-order valence-electron chi connectivity index (χ3n) is 8.29. The van der Waals surface area contributed by atoms with Gasteiger partial charge in [0.2, 0.25) is 5.91 Å². The van der Waals surface area contributed by atoms with Gasteiger partial charge in [-0.3, -0.25) is 19.9 Å². The molecule has 6 atom stereocenters. The van der Waals surface area contributed by atoms with Crippen molar-refractivity contribution in [3.63, 3.8) is 0 Å². The van der Waals surface area contributed by atoms with E-state index >= 15 is 0 Å². The number of thioether (sulfide) groups is 1. The lowest BCUT2D eigenvalue weighted by molar-refractivity contribution is -0.144. The van der Waals surface area contributed by atoms with Gasteiger partial charge < -0.3 is 10.0 Å². The van der Waals surface area contributed by atoms with Crippen LogP contribution < -0.4 is 5.32 Å². The molecule has 1 saturated carbocycles. The fraction of sp³-hybridized carbons (Fsp3) is 0.640. The van der Waals surface area contributed by atoms with E-state index in [1.54, 1.807) is 0 Å². The highest BCUT2D eigenvalue weighted by Crippen LogP contribution is 2.57. The van der Waals surface area contributed by atoms with Gasteiger partial charge in [-0.1, -0.05) is 20.8 Å². The number of nitrogens with one attached hydrogen (secondary N) is 1. The molecule has 0 spiro atoms. The van der Waals surface area contributed by atoms with E-state index in [9.17, 15) is 14.7 Å². The van der Waals surface area contributed by atoms with Crippen molar-refractivity contribution in [3.05, 3.63) is 34.9 Å².